The number of para-hydroxylation sites is 1. The predicted octanol–water partition coefficient (Wildman–Crippen LogP) is 7.14. The average Bonchev–Trinajstić information content (AvgIpc) is 3.28. The van der Waals surface area contributed by atoms with Gasteiger partial charge in [-0.15, -0.1) is 0 Å². The Morgan fingerprint density at radius 3 is 2.64 bits per heavy atom. The molecule has 0 unspecified atom stereocenters. The SMILES string of the molecule is CCc1cccc2c([C@H](CC(=O)N3CCc4ccccc4C3)c3ccc(Cl)c(Cl)c3)c[nH]c12. The zero-order valence-electron chi connectivity index (χ0n) is 18.6. The molecule has 0 spiro atoms. The fourth-order valence-electron chi connectivity index (χ4n) is 4.97. The van der Waals surface area contributed by atoms with Gasteiger partial charge in [0.05, 0.1) is 10.0 Å². The Morgan fingerprint density at radius 2 is 1.85 bits per heavy atom. The van der Waals surface area contributed by atoms with E-state index in [4.69, 9.17) is 23.2 Å². The van der Waals surface area contributed by atoms with Crippen LogP contribution in [0.4, 0.5) is 0 Å². The van der Waals surface area contributed by atoms with Crippen LogP contribution in [-0.2, 0) is 24.2 Å². The third-order valence-electron chi connectivity index (χ3n) is 6.80. The Labute approximate surface area is 204 Å². The van der Waals surface area contributed by atoms with Gasteiger partial charge in [-0.2, -0.15) is 0 Å². The van der Waals surface area contributed by atoms with Crippen molar-refractivity contribution in [2.24, 2.45) is 0 Å². The third-order valence-corrected chi connectivity index (χ3v) is 7.54. The smallest absolute Gasteiger partial charge is 0.223 e. The molecule has 1 aliphatic heterocycles. The number of carbonyl (C=O) groups excluding carboxylic acids is 1. The molecule has 0 aliphatic carbocycles. The molecular formula is C28H26Cl2N2O. The van der Waals surface area contributed by atoms with Gasteiger partial charge in [-0.3, -0.25) is 4.79 Å². The van der Waals surface area contributed by atoms with Crippen LogP contribution in [0.3, 0.4) is 0 Å². The maximum Gasteiger partial charge on any atom is 0.223 e. The number of hydrogen-bond acceptors (Lipinski definition) is 1. The van der Waals surface area contributed by atoms with Crippen LogP contribution >= 0.6 is 23.2 Å². The van der Waals surface area contributed by atoms with E-state index < -0.39 is 0 Å². The van der Waals surface area contributed by atoms with Crippen molar-refractivity contribution in [2.75, 3.05) is 6.54 Å². The first-order chi connectivity index (χ1) is 16.0. The normalized spacial score (nSPS) is 14.3. The van der Waals surface area contributed by atoms with Crippen molar-refractivity contribution in [1.82, 2.24) is 9.88 Å². The molecule has 4 aromatic rings. The van der Waals surface area contributed by atoms with E-state index in [2.05, 4.69) is 54.5 Å². The van der Waals surface area contributed by atoms with E-state index in [1.807, 2.05) is 29.2 Å². The Morgan fingerprint density at radius 1 is 1.03 bits per heavy atom. The average molecular weight is 477 g/mol. The number of nitrogens with zero attached hydrogens (tertiary/aromatic N) is 1. The third kappa shape index (κ3) is 4.28. The summed E-state index contributed by atoms with van der Waals surface area (Å²) in [6.07, 6.45) is 4.27. The van der Waals surface area contributed by atoms with Gasteiger partial charge in [-0.1, -0.05) is 78.7 Å². The minimum absolute atomic E-state index is 0.120. The predicted molar refractivity (Wildman–Crippen MR) is 136 cm³/mol. The molecule has 0 saturated heterocycles. The fourth-order valence-corrected chi connectivity index (χ4v) is 5.28. The largest absolute Gasteiger partial charge is 0.361 e. The Bertz CT molecular complexity index is 1330. The molecule has 2 heterocycles. The van der Waals surface area contributed by atoms with Crippen molar-refractivity contribution < 1.29 is 4.79 Å². The fraction of sp³-hybridized carbons (Fsp3) is 0.250. The molecule has 0 saturated carbocycles. The minimum Gasteiger partial charge on any atom is -0.361 e. The maximum absolute atomic E-state index is 13.6. The van der Waals surface area contributed by atoms with E-state index in [1.165, 1.54) is 16.7 Å². The lowest BCUT2D eigenvalue weighted by Crippen LogP contribution is -2.36. The molecule has 0 fully saturated rings. The summed E-state index contributed by atoms with van der Waals surface area (Å²) in [6.45, 7) is 3.57. The second kappa shape index (κ2) is 9.24. The molecule has 3 nitrogen and oxygen atoms in total. The summed E-state index contributed by atoms with van der Waals surface area (Å²) in [6, 6.07) is 20.5. The lowest BCUT2D eigenvalue weighted by molar-refractivity contribution is -0.132. The summed E-state index contributed by atoms with van der Waals surface area (Å²) in [5.41, 5.74) is 7.10. The standard InChI is InChI=1S/C28H26Cl2N2O/c1-2-18-8-5-9-22-24(16-31-28(18)22)23(20-10-11-25(29)26(30)14-20)15-27(33)32-13-12-19-6-3-4-7-21(19)17-32/h3-11,14,16,23,31H,2,12-13,15,17H2,1H3/t23-/m1/s1. The number of H-pyrrole nitrogens is 1. The van der Waals surface area contributed by atoms with Crippen LogP contribution in [0.1, 0.15) is 47.1 Å². The van der Waals surface area contributed by atoms with Gasteiger partial charge in [-0.05, 0) is 52.8 Å². The number of carbonyl (C=O) groups is 1. The lowest BCUT2D eigenvalue weighted by atomic mass is 9.87. The van der Waals surface area contributed by atoms with Crippen LogP contribution < -0.4 is 0 Å². The molecule has 0 bridgehead atoms. The van der Waals surface area contributed by atoms with Crippen LogP contribution in [-0.4, -0.2) is 22.3 Å². The number of halogens is 2. The molecular weight excluding hydrogens is 451 g/mol. The van der Waals surface area contributed by atoms with Crippen LogP contribution in [0.5, 0.6) is 0 Å². The molecule has 5 heteroatoms. The molecule has 5 rings (SSSR count). The molecule has 33 heavy (non-hydrogen) atoms. The van der Waals surface area contributed by atoms with E-state index >= 15 is 0 Å². The monoisotopic (exact) mass is 476 g/mol. The van der Waals surface area contributed by atoms with E-state index in [9.17, 15) is 4.79 Å². The lowest BCUT2D eigenvalue weighted by Gasteiger charge is -2.30. The maximum atomic E-state index is 13.6. The van der Waals surface area contributed by atoms with Crippen molar-refractivity contribution in [3.8, 4) is 0 Å². The number of aryl methyl sites for hydroxylation is 1. The first-order valence-corrected chi connectivity index (χ1v) is 12.2. The number of rotatable bonds is 5. The van der Waals surface area contributed by atoms with Gasteiger partial charge >= 0.3 is 0 Å². The molecule has 168 valence electrons. The summed E-state index contributed by atoms with van der Waals surface area (Å²) in [5.74, 6) is 0.0341. The number of aromatic amines is 1. The van der Waals surface area contributed by atoms with Crippen molar-refractivity contribution in [3.63, 3.8) is 0 Å². The van der Waals surface area contributed by atoms with Gasteiger partial charge in [0.1, 0.15) is 0 Å². The topological polar surface area (TPSA) is 36.1 Å². The number of amides is 1. The van der Waals surface area contributed by atoms with Gasteiger partial charge in [0, 0.05) is 42.5 Å². The van der Waals surface area contributed by atoms with Crippen molar-refractivity contribution >= 4 is 40.0 Å². The summed E-state index contributed by atoms with van der Waals surface area (Å²) >= 11 is 12.6. The minimum atomic E-state index is -0.120. The zero-order chi connectivity index (χ0) is 22.9. The van der Waals surface area contributed by atoms with Gasteiger partial charge in [-0.25, -0.2) is 0 Å². The van der Waals surface area contributed by atoms with Gasteiger partial charge < -0.3 is 9.88 Å². The van der Waals surface area contributed by atoms with E-state index in [0.29, 0.717) is 23.0 Å². The number of fused-ring (bicyclic) bond motifs is 2. The van der Waals surface area contributed by atoms with Gasteiger partial charge in [0.15, 0.2) is 0 Å². The van der Waals surface area contributed by atoms with Gasteiger partial charge in [0.25, 0.3) is 0 Å². The summed E-state index contributed by atoms with van der Waals surface area (Å²) in [4.78, 5) is 19.0. The molecule has 1 N–H and O–H groups in total. The van der Waals surface area contributed by atoms with Crippen LogP contribution in [0.2, 0.25) is 10.0 Å². The summed E-state index contributed by atoms with van der Waals surface area (Å²) in [5, 5.41) is 2.18. The molecule has 1 aliphatic rings. The van der Waals surface area contributed by atoms with E-state index in [-0.39, 0.29) is 11.8 Å². The quantitative estimate of drug-likeness (QED) is 0.326. The first kappa shape index (κ1) is 22.1. The van der Waals surface area contributed by atoms with E-state index in [0.717, 1.165) is 41.4 Å². The van der Waals surface area contributed by atoms with Crippen LogP contribution in [0.15, 0.2) is 66.9 Å². The summed E-state index contributed by atoms with van der Waals surface area (Å²) in [7, 11) is 0. The zero-order valence-corrected chi connectivity index (χ0v) is 20.1. The van der Waals surface area contributed by atoms with Crippen molar-refractivity contribution in [1.29, 1.82) is 0 Å². The van der Waals surface area contributed by atoms with Crippen LogP contribution in [0.25, 0.3) is 10.9 Å². The first-order valence-electron chi connectivity index (χ1n) is 11.4. The number of hydrogen-bond donors (Lipinski definition) is 1. The molecule has 1 atom stereocenters. The highest BCUT2D eigenvalue weighted by Gasteiger charge is 2.27. The van der Waals surface area contributed by atoms with Crippen molar-refractivity contribution in [3.05, 3.63) is 105 Å². The number of aromatic nitrogens is 1. The highest BCUT2D eigenvalue weighted by Crippen LogP contribution is 2.37. The Balaban J connectivity index is 1.51. The number of nitrogens with one attached hydrogen (secondary N) is 1. The molecule has 0 radical (unpaired) electrons. The van der Waals surface area contributed by atoms with Crippen molar-refractivity contribution in [2.45, 2.75) is 38.6 Å². The van der Waals surface area contributed by atoms with E-state index in [1.54, 1.807) is 0 Å². The van der Waals surface area contributed by atoms with Gasteiger partial charge in [0.2, 0.25) is 5.91 Å². The molecule has 1 amide bonds. The Kier molecular flexibility index (Phi) is 6.18. The highest BCUT2D eigenvalue weighted by atomic mass is 35.5. The Hall–Kier alpha value is -2.75. The second-order valence-electron chi connectivity index (χ2n) is 8.70. The highest BCUT2D eigenvalue weighted by molar-refractivity contribution is 6.42. The molecule has 1 aromatic heterocycles. The van der Waals surface area contributed by atoms with Crippen LogP contribution in [0, 0.1) is 0 Å². The number of benzene rings is 3. The molecule has 3 aromatic carbocycles. The summed E-state index contributed by atoms with van der Waals surface area (Å²) < 4.78 is 0. The second-order valence-corrected chi connectivity index (χ2v) is 9.52.